The van der Waals surface area contributed by atoms with Gasteiger partial charge in [-0.2, -0.15) is 0 Å². The second-order valence-electron chi connectivity index (χ2n) is 2.92. The van der Waals surface area contributed by atoms with Gasteiger partial charge in [0.25, 0.3) is 0 Å². The number of alkyl halides is 1. The van der Waals surface area contributed by atoms with E-state index in [0.717, 1.165) is 13.1 Å². The third-order valence-corrected chi connectivity index (χ3v) is 1.75. The Morgan fingerprint density at radius 3 is 2.36 bits per heavy atom. The van der Waals surface area contributed by atoms with E-state index in [2.05, 4.69) is 24.1 Å². The molecule has 0 amide bonds. The first-order valence-corrected chi connectivity index (χ1v) is 4.17. The lowest BCUT2D eigenvalue weighted by Gasteiger charge is -2.24. The zero-order valence-corrected chi connectivity index (χ0v) is 7.73. The van der Waals surface area contributed by atoms with Gasteiger partial charge in [-0.25, -0.2) is 4.39 Å². The van der Waals surface area contributed by atoms with E-state index in [1.165, 1.54) is 0 Å². The summed E-state index contributed by atoms with van der Waals surface area (Å²) in [5, 5.41) is 3.05. The van der Waals surface area contributed by atoms with E-state index in [9.17, 15) is 4.39 Å². The summed E-state index contributed by atoms with van der Waals surface area (Å²) in [6.45, 7) is 6.34. The molecule has 0 atom stereocenters. The van der Waals surface area contributed by atoms with E-state index in [4.69, 9.17) is 0 Å². The van der Waals surface area contributed by atoms with E-state index >= 15 is 0 Å². The maximum absolute atomic E-state index is 12.0. The Hall–Kier alpha value is -0.150. The van der Waals surface area contributed by atoms with Crippen molar-refractivity contribution in [2.24, 2.45) is 0 Å². The van der Waals surface area contributed by atoms with Crippen molar-refractivity contribution in [3.63, 3.8) is 0 Å². The molecule has 0 aromatic carbocycles. The average molecular weight is 162 g/mol. The van der Waals surface area contributed by atoms with Gasteiger partial charge in [-0.3, -0.25) is 4.90 Å². The van der Waals surface area contributed by atoms with Crippen LogP contribution in [0.15, 0.2) is 0 Å². The van der Waals surface area contributed by atoms with Gasteiger partial charge >= 0.3 is 0 Å². The van der Waals surface area contributed by atoms with Crippen LogP contribution in [0.3, 0.4) is 0 Å². The Balaban J connectivity index is 3.51. The second-order valence-corrected chi connectivity index (χ2v) is 2.92. The Morgan fingerprint density at radius 2 is 2.00 bits per heavy atom. The van der Waals surface area contributed by atoms with Crippen molar-refractivity contribution in [2.75, 3.05) is 33.4 Å². The van der Waals surface area contributed by atoms with Gasteiger partial charge in [-0.1, -0.05) is 0 Å². The van der Waals surface area contributed by atoms with Crippen LogP contribution in [0.25, 0.3) is 0 Å². The lowest BCUT2D eigenvalue weighted by molar-refractivity contribution is 0.205. The molecular weight excluding hydrogens is 143 g/mol. The smallest absolute Gasteiger partial charge is 0.102 e. The number of nitrogens with zero attached hydrogens (tertiary/aromatic N) is 1. The molecule has 3 heteroatoms. The summed E-state index contributed by atoms with van der Waals surface area (Å²) in [5.41, 5.74) is 0. The van der Waals surface area contributed by atoms with E-state index in [-0.39, 0.29) is 6.67 Å². The highest BCUT2D eigenvalue weighted by molar-refractivity contribution is 4.62. The molecule has 0 aromatic rings. The van der Waals surface area contributed by atoms with E-state index in [1.54, 1.807) is 0 Å². The summed E-state index contributed by atoms with van der Waals surface area (Å²) in [5.74, 6) is 0. The topological polar surface area (TPSA) is 15.3 Å². The van der Waals surface area contributed by atoms with Crippen molar-refractivity contribution in [3.8, 4) is 0 Å². The highest BCUT2D eigenvalue weighted by atomic mass is 19.1. The normalized spacial score (nSPS) is 11.5. The fourth-order valence-corrected chi connectivity index (χ4v) is 0.992. The number of rotatable bonds is 6. The van der Waals surface area contributed by atoms with Crippen LogP contribution in [0.4, 0.5) is 4.39 Å². The number of halogens is 1. The number of likely N-dealkylation sites (N-methyl/N-ethyl adjacent to an activating group) is 1. The van der Waals surface area contributed by atoms with Gasteiger partial charge in [-0.05, 0) is 20.9 Å². The van der Waals surface area contributed by atoms with Crippen LogP contribution in [0, 0.1) is 0 Å². The average Bonchev–Trinajstić information content (AvgIpc) is 1.97. The van der Waals surface area contributed by atoms with Crippen LogP contribution in [0.1, 0.15) is 13.8 Å². The number of nitrogens with one attached hydrogen (secondary N) is 1. The van der Waals surface area contributed by atoms with E-state index in [0.29, 0.717) is 12.6 Å². The monoisotopic (exact) mass is 162 g/mol. The third-order valence-electron chi connectivity index (χ3n) is 1.75. The van der Waals surface area contributed by atoms with Gasteiger partial charge in [0.05, 0.1) is 0 Å². The molecule has 0 bridgehead atoms. The fraction of sp³-hybridized carbons (Fsp3) is 1.00. The summed E-state index contributed by atoms with van der Waals surface area (Å²) in [6, 6.07) is 0.444. The molecule has 0 spiro atoms. The molecule has 11 heavy (non-hydrogen) atoms. The molecule has 0 heterocycles. The van der Waals surface area contributed by atoms with Crippen molar-refractivity contribution in [3.05, 3.63) is 0 Å². The summed E-state index contributed by atoms with van der Waals surface area (Å²) in [6.07, 6.45) is 0. The van der Waals surface area contributed by atoms with Crippen molar-refractivity contribution >= 4 is 0 Å². The Kier molecular flexibility index (Phi) is 6.46. The molecule has 2 nitrogen and oxygen atoms in total. The predicted octanol–water partition coefficient (Wildman–Crippen LogP) is 0.886. The van der Waals surface area contributed by atoms with Crippen molar-refractivity contribution in [1.82, 2.24) is 10.2 Å². The molecule has 0 aliphatic heterocycles. The van der Waals surface area contributed by atoms with Gasteiger partial charge in [0.1, 0.15) is 6.67 Å². The standard InChI is InChI=1S/C8H19FN2/c1-8(2)11(6-4-9)7-5-10-3/h8,10H,4-7H2,1-3H3. The molecule has 0 aliphatic rings. The molecule has 0 saturated heterocycles. The molecular formula is C8H19FN2. The highest BCUT2D eigenvalue weighted by Gasteiger charge is 2.06. The van der Waals surface area contributed by atoms with Crippen LogP contribution in [0.5, 0.6) is 0 Å². The zero-order valence-electron chi connectivity index (χ0n) is 7.73. The van der Waals surface area contributed by atoms with Gasteiger partial charge in [0, 0.05) is 25.7 Å². The predicted molar refractivity (Wildman–Crippen MR) is 46.6 cm³/mol. The number of hydrogen-bond donors (Lipinski definition) is 1. The molecule has 0 fully saturated rings. The minimum absolute atomic E-state index is 0.248. The fourth-order valence-electron chi connectivity index (χ4n) is 0.992. The molecule has 0 saturated carbocycles. The van der Waals surface area contributed by atoms with Crippen LogP contribution in [0.2, 0.25) is 0 Å². The minimum atomic E-state index is -0.248. The Morgan fingerprint density at radius 1 is 1.36 bits per heavy atom. The first kappa shape index (κ1) is 10.8. The lowest BCUT2D eigenvalue weighted by Crippen LogP contribution is -2.37. The second kappa shape index (κ2) is 6.55. The maximum atomic E-state index is 12.0. The molecule has 0 aromatic heterocycles. The van der Waals surface area contributed by atoms with Crippen LogP contribution in [-0.2, 0) is 0 Å². The molecule has 0 unspecified atom stereocenters. The molecule has 1 N–H and O–H groups in total. The first-order valence-electron chi connectivity index (χ1n) is 4.17. The van der Waals surface area contributed by atoms with Crippen LogP contribution < -0.4 is 5.32 Å². The molecule has 0 radical (unpaired) electrons. The summed E-state index contributed by atoms with van der Waals surface area (Å²) in [7, 11) is 1.91. The minimum Gasteiger partial charge on any atom is -0.318 e. The van der Waals surface area contributed by atoms with E-state index < -0.39 is 0 Å². The van der Waals surface area contributed by atoms with Crippen molar-refractivity contribution in [1.29, 1.82) is 0 Å². The molecule has 0 aliphatic carbocycles. The van der Waals surface area contributed by atoms with Crippen LogP contribution >= 0.6 is 0 Å². The zero-order chi connectivity index (χ0) is 8.69. The largest absolute Gasteiger partial charge is 0.318 e. The van der Waals surface area contributed by atoms with Crippen molar-refractivity contribution in [2.45, 2.75) is 19.9 Å². The molecule has 68 valence electrons. The first-order chi connectivity index (χ1) is 5.22. The van der Waals surface area contributed by atoms with Gasteiger partial charge in [0.15, 0.2) is 0 Å². The van der Waals surface area contributed by atoms with Gasteiger partial charge in [-0.15, -0.1) is 0 Å². The Bertz CT molecular complexity index is 86.2. The highest BCUT2D eigenvalue weighted by Crippen LogP contribution is 1.95. The van der Waals surface area contributed by atoms with Crippen molar-refractivity contribution < 1.29 is 4.39 Å². The summed E-state index contributed by atoms with van der Waals surface area (Å²) < 4.78 is 12.0. The van der Waals surface area contributed by atoms with Crippen LogP contribution in [-0.4, -0.2) is 44.3 Å². The third kappa shape index (κ3) is 5.16. The Labute approximate surface area is 68.8 Å². The number of hydrogen-bond acceptors (Lipinski definition) is 2. The molecule has 0 rings (SSSR count). The maximum Gasteiger partial charge on any atom is 0.102 e. The quantitative estimate of drug-likeness (QED) is 0.624. The summed E-state index contributed by atoms with van der Waals surface area (Å²) >= 11 is 0. The lowest BCUT2D eigenvalue weighted by atomic mass is 10.3. The van der Waals surface area contributed by atoms with Gasteiger partial charge < -0.3 is 5.32 Å². The van der Waals surface area contributed by atoms with E-state index in [1.807, 2.05) is 7.05 Å². The van der Waals surface area contributed by atoms with Gasteiger partial charge in [0.2, 0.25) is 0 Å². The SMILES string of the molecule is CNCCN(CCF)C(C)C. The summed E-state index contributed by atoms with van der Waals surface area (Å²) in [4.78, 5) is 2.12.